The predicted molar refractivity (Wildman–Crippen MR) is 90.8 cm³/mol. The van der Waals surface area contributed by atoms with Crippen molar-refractivity contribution in [3.05, 3.63) is 35.1 Å². The Morgan fingerprint density at radius 2 is 2.00 bits per heavy atom. The number of carbonyl (C=O) groups excluding carboxylic acids is 2. The Balaban J connectivity index is 1.76. The van der Waals surface area contributed by atoms with E-state index in [1.54, 1.807) is 13.0 Å². The number of halogens is 1. The summed E-state index contributed by atoms with van der Waals surface area (Å²) in [5, 5.41) is 5.84. The molecule has 0 unspecified atom stereocenters. The zero-order chi connectivity index (χ0) is 17.5. The van der Waals surface area contributed by atoms with Crippen LogP contribution < -0.4 is 10.6 Å². The van der Waals surface area contributed by atoms with Gasteiger partial charge >= 0.3 is 0 Å². The van der Waals surface area contributed by atoms with Crippen molar-refractivity contribution in [1.82, 2.24) is 15.5 Å². The highest BCUT2D eigenvalue weighted by molar-refractivity contribution is 5.80. The Morgan fingerprint density at radius 3 is 2.62 bits per heavy atom. The highest BCUT2D eigenvalue weighted by Gasteiger charge is 2.26. The number of carbonyl (C=O) groups is 2. The number of benzene rings is 1. The predicted octanol–water partition coefficient (Wildman–Crippen LogP) is 1.60. The fraction of sp³-hybridized carbons (Fsp3) is 0.556. The van der Waals surface area contributed by atoms with Gasteiger partial charge in [0.15, 0.2) is 0 Å². The maximum absolute atomic E-state index is 13.5. The van der Waals surface area contributed by atoms with Crippen LogP contribution in [0.5, 0.6) is 0 Å². The number of nitrogens with zero attached hydrogens (tertiary/aromatic N) is 1. The van der Waals surface area contributed by atoms with Crippen LogP contribution in [0, 0.1) is 18.7 Å². The van der Waals surface area contributed by atoms with Crippen LogP contribution in [0.4, 0.5) is 4.39 Å². The van der Waals surface area contributed by atoms with Crippen molar-refractivity contribution in [2.45, 2.75) is 32.7 Å². The van der Waals surface area contributed by atoms with Gasteiger partial charge in [-0.15, -0.1) is 0 Å². The summed E-state index contributed by atoms with van der Waals surface area (Å²) >= 11 is 0. The molecule has 0 aliphatic carbocycles. The van der Waals surface area contributed by atoms with Crippen LogP contribution in [-0.2, 0) is 16.1 Å². The van der Waals surface area contributed by atoms with Gasteiger partial charge in [0.1, 0.15) is 5.82 Å². The third-order valence-electron chi connectivity index (χ3n) is 4.51. The van der Waals surface area contributed by atoms with Crippen LogP contribution in [0.2, 0.25) is 0 Å². The minimum atomic E-state index is -0.255. The van der Waals surface area contributed by atoms with Gasteiger partial charge in [0.2, 0.25) is 11.8 Å². The molecule has 6 heteroatoms. The number of piperidine rings is 1. The molecule has 0 aromatic heterocycles. The molecule has 0 atom stereocenters. The third-order valence-corrected chi connectivity index (χ3v) is 4.51. The second-order valence-electron chi connectivity index (χ2n) is 6.31. The van der Waals surface area contributed by atoms with Crippen molar-refractivity contribution in [1.29, 1.82) is 0 Å². The Hall–Kier alpha value is -1.95. The molecule has 0 saturated carbocycles. The first-order valence-electron chi connectivity index (χ1n) is 8.46. The molecule has 0 radical (unpaired) electrons. The van der Waals surface area contributed by atoms with Crippen LogP contribution >= 0.6 is 0 Å². The molecule has 1 saturated heterocycles. The number of aryl methyl sites for hydroxylation is 1. The maximum atomic E-state index is 13.5. The van der Waals surface area contributed by atoms with E-state index in [2.05, 4.69) is 10.6 Å². The molecule has 24 heavy (non-hydrogen) atoms. The molecule has 132 valence electrons. The molecule has 2 amide bonds. The lowest BCUT2D eigenvalue weighted by atomic mass is 9.95. The van der Waals surface area contributed by atoms with Gasteiger partial charge in [-0.1, -0.05) is 12.1 Å². The SMILES string of the molecule is CNCCC(=O)N1CCC(C(=O)NCc2ccc(C)c(F)c2)CC1. The number of hydrogen-bond donors (Lipinski definition) is 2. The van der Waals surface area contributed by atoms with Gasteiger partial charge in [0.25, 0.3) is 0 Å². The Morgan fingerprint density at radius 1 is 1.29 bits per heavy atom. The van der Waals surface area contributed by atoms with Crippen molar-refractivity contribution in [3.8, 4) is 0 Å². The van der Waals surface area contributed by atoms with Crippen molar-refractivity contribution >= 4 is 11.8 Å². The van der Waals surface area contributed by atoms with Crippen LogP contribution in [0.1, 0.15) is 30.4 Å². The lowest BCUT2D eigenvalue weighted by Crippen LogP contribution is -2.43. The van der Waals surface area contributed by atoms with Crippen molar-refractivity contribution < 1.29 is 14.0 Å². The van der Waals surface area contributed by atoms with Crippen molar-refractivity contribution in [2.75, 3.05) is 26.7 Å². The highest BCUT2D eigenvalue weighted by Crippen LogP contribution is 2.18. The smallest absolute Gasteiger partial charge is 0.223 e. The van der Waals surface area contributed by atoms with E-state index in [1.807, 2.05) is 18.0 Å². The molecule has 5 nitrogen and oxygen atoms in total. The number of hydrogen-bond acceptors (Lipinski definition) is 3. The van der Waals surface area contributed by atoms with Crippen LogP contribution in [-0.4, -0.2) is 43.4 Å². The second kappa shape index (κ2) is 8.78. The summed E-state index contributed by atoms with van der Waals surface area (Å²) < 4.78 is 13.5. The number of nitrogens with one attached hydrogen (secondary N) is 2. The Bertz CT molecular complexity index is 584. The monoisotopic (exact) mass is 335 g/mol. The van der Waals surface area contributed by atoms with Crippen LogP contribution in [0.25, 0.3) is 0 Å². The molecule has 1 heterocycles. The molecule has 1 aromatic rings. The molecule has 2 rings (SSSR count). The highest BCUT2D eigenvalue weighted by atomic mass is 19.1. The van der Waals surface area contributed by atoms with Crippen LogP contribution in [0.15, 0.2) is 18.2 Å². The number of likely N-dealkylation sites (tertiary alicyclic amines) is 1. The molecule has 2 N–H and O–H groups in total. The van der Waals surface area contributed by atoms with Crippen LogP contribution in [0.3, 0.4) is 0 Å². The summed E-state index contributed by atoms with van der Waals surface area (Å²) in [5.41, 5.74) is 1.35. The molecule has 1 aromatic carbocycles. The summed E-state index contributed by atoms with van der Waals surface area (Å²) in [7, 11) is 1.82. The quantitative estimate of drug-likeness (QED) is 0.830. The largest absolute Gasteiger partial charge is 0.352 e. The van der Waals surface area contributed by atoms with E-state index in [4.69, 9.17) is 0 Å². The standard InChI is InChI=1S/C18H26FN3O2/c1-13-3-4-14(11-16(13)19)12-21-18(24)15-6-9-22(10-7-15)17(23)5-8-20-2/h3-4,11,15,20H,5-10,12H2,1-2H3,(H,21,24). The maximum Gasteiger partial charge on any atom is 0.223 e. The van der Waals surface area contributed by atoms with Gasteiger partial charge in [0, 0.05) is 38.5 Å². The fourth-order valence-electron chi connectivity index (χ4n) is 2.86. The zero-order valence-corrected chi connectivity index (χ0v) is 14.4. The summed E-state index contributed by atoms with van der Waals surface area (Å²) in [4.78, 5) is 26.0. The minimum Gasteiger partial charge on any atom is -0.352 e. The molecule has 0 spiro atoms. The molecule has 1 aliphatic heterocycles. The topological polar surface area (TPSA) is 61.4 Å². The van der Waals surface area contributed by atoms with Gasteiger partial charge in [0.05, 0.1) is 0 Å². The molecular formula is C18H26FN3O2. The normalized spacial score (nSPS) is 15.4. The summed E-state index contributed by atoms with van der Waals surface area (Å²) in [6, 6.07) is 4.99. The van der Waals surface area contributed by atoms with Gasteiger partial charge in [-0.3, -0.25) is 9.59 Å². The van der Waals surface area contributed by atoms with Gasteiger partial charge in [-0.05, 0) is 44.0 Å². The average molecular weight is 335 g/mol. The van der Waals surface area contributed by atoms with Crippen molar-refractivity contribution in [3.63, 3.8) is 0 Å². The molecule has 1 fully saturated rings. The first-order valence-corrected chi connectivity index (χ1v) is 8.46. The minimum absolute atomic E-state index is 0.0155. The molecule has 0 bridgehead atoms. The van der Waals surface area contributed by atoms with E-state index in [0.29, 0.717) is 51.0 Å². The van der Waals surface area contributed by atoms with E-state index < -0.39 is 0 Å². The summed E-state index contributed by atoms with van der Waals surface area (Å²) in [6.07, 6.45) is 1.85. The number of amides is 2. The van der Waals surface area contributed by atoms with E-state index in [0.717, 1.165) is 5.56 Å². The van der Waals surface area contributed by atoms with Gasteiger partial charge in [-0.25, -0.2) is 4.39 Å². The third kappa shape index (κ3) is 5.03. The van der Waals surface area contributed by atoms with Gasteiger partial charge in [-0.2, -0.15) is 0 Å². The summed E-state index contributed by atoms with van der Waals surface area (Å²) in [5.74, 6) is -0.208. The van der Waals surface area contributed by atoms with Gasteiger partial charge < -0.3 is 15.5 Å². The summed E-state index contributed by atoms with van der Waals surface area (Å²) in [6.45, 7) is 3.96. The Labute approximate surface area is 142 Å². The second-order valence-corrected chi connectivity index (χ2v) is 6.31. The molecule has 1 aliphatic rings. The number of rotatable bonds is 6. The molecular weight excluding hydrogens is 309 g/mol. The van der Waals surface area contributed by atoms with E-state index >= 15 is 0 Å². The first kappa shape index (κ1) is 18.4. The fourth-order valence-corrected chi connectivity index (χ4v) is 2.86. The van der Waals surface area contributed by atoms with E-state index in [9.17, 15) is 14.0 Å². The Kier molecular flexibility index (Phi) is 6.73. The lowest BCUT2D eigenvalue weighted by Gasteiger charge is -2.31. The van der Waals surface area contributed by atoms with E-state index in [1.165, 1.54) is 6.07 Å². The van der Waals surface area contributed by atoms with Crippen molar-refractivity contribution in [2.24, 2.45) is 5.92 Å². The lowest BCUT2D eigenvalue weighted by molar-refractivity contribution is -0.135. The van der Waals surface area contributed by atoms with E-state index in [-0.39, 0.29) is 23.5 Å². The first-order chi connectivity index (χ1) is 11.5. The zero-order valence-electron chi connectivity index (χ0n) is 14.4. The average Bonchev–Trinajstić information content (AvgIpc) is 2.60.